The lowest BCUT2D eigenvalue weighted by molar-refractivity contribution is -0.139. The Hall–Kier alpha value is -2.02. The third kappa shape index (κ3) is 4.98. The average Bonchev–Trinajstić information content (AvgIpc) is 2.59. The van der Waals surface area contributed by atoms with Crippen LogP contribution in [0.5, 0.6) is 5.75 Å². The van der Waals surface area contributed by atoms with Gasteiger partial charge in [0.15, 0.2) is 0 Å². The molecular formula is C18H23BrN2O4. The molecule has 1 aliphatic heterocycles. The van der Waals surface area contributed by atoms with Gasteiger partial charge in [-0.1, -0.05) is 41.1 Å². The number of benzene rings is 1. The maximum absolute atomic E-state index is 12.6. The molecule has 0 fully saturated rings. The molecular weight excluding hydrogens is 388 g/mol. The van der Waals surface area contributed by atoms with E-state index in [0.717, 1.165) is 23.7 Å². The Morgan fingerprint density at radius 1 is 1.28 bits per heavy atom. The Kier molecular flexibility index (Phi) is 7.31. The molecule has 0 unspecified atom stereocenters. The van der Waals surface area contributed by atoms with Gasteiger partial charge in [-0.15, -0.1) is 0 Å². The molecule has 0 aromatic heterocycles. The number of urea groups is 1. The van der Waals surface area contributed by atoms with Gasteiger partial charge in [-0.2, -0.15) is 0 Å². The zero-order valence-electron chi connectivity index (χ0n) is 14.4. The van der Waals surface area contributed by atoms with Gasteiger partial charge in [0.2, 0.25) is 0 Å². The van der Waals surface area contributed by atoms with Gasteiger partial charge in [-0.05, 0) is 25.8 Å². The average molecular weight is 411 g/mol. The van der Waals surface area contributed by atoms with Crippen LogP contribution < -0.4 is 15.4 Å². The van der Waals surface area contributed by atoms with E-state index in [1.54, 1.807) is 6.92 Å². The number of alkyl halides is 1. The molecule has 0 saturated heterocycles. The van der Waals surface area contributed by atoms with Crippen LogP contribution in [0.4, 0.5) is 4.79 Å². The van der Waals surface area contributed by atoms with Gasteiger partial charge in [0, 0.05) is 16.6 Å². The molecule has 1 atom stereocenters. The molecule has 1 heterocycles. The molecule has 0 aliphatic carbocycles. The number of carbonyl (C=O) groups is 2. The minimum Gasteiger partial charge on any atom is -0.493 e. The van der Waals surface area contributed by atoms with Crippen LogP contribution >= 0.6 is 15.9 Å². The summed E-state index contributed by atoms with van der Waals surface area (Å²) in [6.45, 7) is 4.59. The molecule has 6 nitrogen and oxygen atoms in total. The third-order valence-electron chi connectivity index (χ3n) is 3.69. The van der Waals surface area contributed by atoms with E-state index in [4.69, 9.17) is 9.47 Å². The van der Waals surface area contributed by atoms with E-state index in [9.17, 15) is 9.59 Å². The highest BCUT2D eigenvalue weighted by Crippen LogP contribution is 2.33. The summed E-state index contributed by atoms with van der Waals surface area (Å²) < 4.78 is 11.1. The molecule has 0 saturated carbocycles. The van der Waals surface area contributed by atoms with Crippen LogP contribution in [0.25, 0.3) is 0 Å². The second-order valence-corrected chi connectivity index (χ2v) is 6.43. The van der Waals surface area contributed by atoms with Crippen molar-refractivity contribution >= 4 is 27.9 Å². The first-order valence-electron chi connectivity index (χ1n) is 8.31. The van der Waals surface area contributed by atoms with Crippen molar-refractivity contribution in [2.75, 3.05) is 18.5 Å². The molecule has 1 aliphatic rings. The van der Waals surface area contributed by atoms with E-state index in [2.05, 4.69) is 26.6 Å². The fraction of sp³-hybridized carbons (Fsp3) is 0.444. The Morgan fingerprint density at radius 2 is 2.04 bits per heavy atom. The number of carbonyl (C=O) groups excluding carboxylic acids is 2. The van der Waals surface area contributed by atoms with Crippen molar-refractivity contribution in [1.29, 1.82) is 0 Å². The lowest BCUT2D eigenvalue weighted by Crippen LogP contribution is -2.45. The molecule has 2 N–H and O–H groups in total. The largest absolute Gasteiger partial charge is 0.493 e. The summed E-state index contributed by atoms with van der Waals surface area (Å²) in [4.78, 5) is 24.5. The minimum atomic E-state index is -0.613. The predicted molar refractivity (Wildman–Crippen MR) is 98.7 cm³/mol. The standard InChI is InChI=1S/C18H23BrN2O4/c1-3-10-24-14-8-5-4-7-13(14)16-15(12(2)20-18(23)21-16)17(22)25-11-6-9-19/h4-5,7-8,16H,3,6,9-11H2,1-2H3,(H2,20,21,23)/t16-/m1/s1. The number of nitrogens with one attached hydrogen (secondary N) is 2. The normalized spacial score (nSPS) is 16.9. The fourth-order valence-corrected chi connectivity index (χ4v) is 2.79. The monoisotopic (exact) mass is 410 g/mol. The minimum absolute atomic E-state index is 0.315. The Balaban J connectivity index is 2.34. The first kappa shape index (κ1) is 19.3. The lowest BCUT2D eigenvalue weighted by atomic mass is 9.95. The number of hydrogen-bond donors (Lipinski definition) is 2. The molecule has 2 rings (SSSR count). The second-order valence-electron chi connectivity index (χ2n) is 5.63. The van der Waals surface area contributed by atoms with Crippen LogP contribution in [0.1, 0.15) is 38.3 Å². The van der Waals surface area contributed by atoms with Gasteiger partial charge in [0.25, 0.3) is 0 Å². The van der Waals surface area contributed by atoms with E-state index >= 15 is 0 Å². The van der Waals surface area contributed by atoms with Crippen molar-refractivity contribution in [3.63, 3.8) is 0 Å². The molecule has 1 aromatic carbocycles. The van der Waals surface area contributed by atoms with E-state index in [1.165, 1.54) is 0 Å². The molecule has 25 heavy (non-hydrogen) atoms. The van der Waals surface area contributed by atoms with E-state index in [1.807, 2.05) is 31.2 Å². The smallest absolute Gasteiger partial charge is 0.338 e. The predicted octanol–water partition coefficient (Wildman–Crippen LogP) is 3.43. The van der Waals surface area contributed by atoms with Crippen molar-refractivity contribution in [3.8, 4) is 5.75 Å². The molecule has 1 aromatic rings. The molecule has 2 amide bonds. The van der Waals surface area contributed by atoms with E-state index < -0.39 is 12.0 Å². The van der Waals surface area contributed by atoms with Gasteiger partial charge in [0.05, 0.1) is 24.8 Å². The van der Waals surface area contributed by atoms with E-state index in [0.29, 0.717) is 30.2 Å². The van der Waals surface area contributed by atoms with Crippen molar-refractivity contribution < 1.29 is 19.1 Å². The third-order valence-corrected chi connectivity index (χ3v) is 4.25. The molecule has 7 heteroatoms. The SMILES string of the molecule is CCCOc1ccccc1[C@H]1NC(=O)NC(C)=C1C(=O)OCCCBr. The number of amides is 2. The maximum atomic E-state index is 12.6. The molecule has 0 radical (unpaired) electrons. The van der Waals surface area contributed by atoms with Gasteiger partial charge in [0.1, 0.15) is 5.75 Å². The van der Waals surface area contributed by atoms with Gasteiger partial charge < -0.3 is 20.1 Å². The first-order valence-corrected chi connectivity index (χ1v) is 9.43. The Morgan fingerprint density at radius 3 is 2.76 bits per heavy atom. The van der Waals surface area contributed by atoms with Crippen LogP contribution in [0, 0.1) is 0 Å². The second kappa shape index (κ2) is 9.46. The number of hydrogen-bond acceptors (Lipinski definition) is 4. The van der Waals surface area contributed by atoms with Crippen LogP contribution in [0.2, 0.25) is 0 Å². The summed E-state index contributed by atoms with van der Waals surface area (Å²) in [7, 11) is 0. The number of halogens is 1. The van der Waals surface area contributed by atoms with Gasteiger partial charge >= 0.3 is 12.0 Å². The van der Waals surface area contributed by atoms with Crippen LogP contribution in [0.3, 0.4) is 0 Å². The highest BCUT2D eigenvalue weighted by atomic mass is 79.9. The van der Waals surface area contributed by atoms with Crippen molar-refractivity contribution in [1.82, 2.24) is 10.6 Å². The highest BCUT2D eigenvalue weighted by molar-refractivity contribution is 9.09. The Bertz CT molecular complexity index is 660. The topological polar surface area (TPSA) is 76.7 Å². The van der Waals surface area contributed by atoms with E-state index in [-0.39, 0.29) is 6.03 Å². The number of ether oxygens (including phenoxy) is 2. The maximum Gasteiger partial charge on any atom is 0.338 e. The number of esters is 1. The lowest BCUT2D eigenvalue weighted by Gasteiger charge is -2.29. The first-order chi connectivity index (χ1) is 12.1. The van der Waals surface area contributed by atoms with Crippen molar-refractivity contribution in [2.45, 2.75) is 32.7 Å². The zero-order valence-corrected chi connectivity index (χ0v) is 16.0. The summed E-state index contributed by atoms with van der Waals surface area (Å²) in [5.41, 5.74) is 1.61. The quantitative estimate of drug-likeness (QED) is 0.391. The molecule has 0 bridgehead atoms. The summed E-state index contributed by atoms with van der Waals surface area (Å²) in [6.07, 6.45) is 1.59. The van der Waals surface area contributed by atoms with Crippen molar-refractivity contribution in [3.05, 3.63) is 41.1 Å². The van der Waals surface area contributed by atoms with Crippen LogP contribution in [-0.4, -0.2) is 30.5 Å². The van der Waals surface area contributed by atoms with Crippen molar-refractivity contribution in [2.24, 2.45) is 0 Å². The van der Waals surface area contributed by atoms with Gasteiger partial charge in [-0.25, -0.2) is 9.59 Å². The molecule has 0 spiro atoms. The summed E-state index contributed by atoms with van der Waals surface area (Å²) in [5.74, 6) is 0.205. The summed E-state index contributed by atoms with van der Waals surface area (Å²) in [6, 6.07) is 6.43. The highest BCUT2D eigenvalue weighted by Gasteiger charge is 2.33. The molecule has 136 valence electrons. The Labute approximate surface area is 156 Å². The fourth-order valence-electron chi connectivity index (χ4n) is 2.56. The van der Waals surface area contributed by atoms with Gasteiger partial charge in [-0.3, -0.25) is 0 Å². The van der Waals surface area contributed by atoms with Crippen LogP contribution in [-0.2, 0) is 9.53 Å². The number of allylic oxidation sites excluding steroid dienone is 1. The summed E-state index contributed by atoms with van der Waals surface area (Å²) >= 11 is 3.31. The zero-order chi connectivity index (χ0) is 18.2. The number of para-hydroxylation sites is 1. The van der Waals surface area contributed by atoms with Crippen LogP contribution in [0.15, 0.2) is 35.5 Å². The summed E-state index contributed by atoms with van der Waals surface area (Å²) in [5, 5.41) is 6.20. The number of rotatable bonds is 8.